The van der Waals surface area contributed by atoms with E-state index in [1.807, 2.05) is 18.3 Å². The number of amides is 3. The van der Waals surface area contributed by atoms with Crippen molar-refractivity contribution in [2.75, 3.05) is 42.8 Å². The number of ether oxygens (including phenoxy) is 1. The molecular formula is C46H54F2N10O4S. The molecule has 3 aromatic carbocycles. The Balaban J connectivity index is 0.000000238. The molecule has 2 aliphatic carbocycles. The molecule has 14 nitrogen and oxygen atoms in total. The minimum Gasteiger partial charge on any atom is -0.453 e. The smallest absolute Gasteiger partial charge is 0.329 e. The quantitative estimate of drug-likeness (QED) is 0.137. The third kappa shape index (κ3) is 9.53. The van der Waals surface area contributed by atoms with Gasteiger partial charge in [0.15, 0.2) is 17.4 Å². The van der Waals surface area contributed by atoms with Gasteiger partial charge in [-0.3, -0.25) is 29.1 Å². The number of halogens is 2. The zero-order chi connectivity index (χ0) is 44.3. The number of aryl methyl sites for hydroxylation is 1. The number of nitrogens with zero attached hydrogens (tertiary/aromatic N) is 8. The summed E-state index contributed by atoms with van der Waals surface area (Å²) in [7, 11) is 3.63. The van der Waals surface area contributed by atoms with Crippen LogP contribution in [-0.4, -0.2) is 79.7 Å². The Hall–Kier alpha value is -5.57. The van der Waals surface area contributed by atoms with Gasteiger partial charge in [-0.25, -0.2) is 22.9 Å². The van der Waals surface area contributed by atoms with Crippen molar-refractivity contribution in [2.45, 2.75) is 96.1 Å². The lowest BCUT2D eigenvalue weighted by Gasteiger charge is -2.48. The molecule has 1 spiro atoms. The number of anilines is 2. The molecule has 4 aliphatic rings. The third-order valence-electron chi connectivity index (χ3n) is 13.4. The fourth-order valence-corrected chi connectivity index (χ4v) is 10.1. The molecule has 2 saturated carbocycles. The Morgan fingerprint density at radius 1 is 0.952 bits per heavy atom. The van der Waals surface area contributed by atoms with Gasteiger partial charge in [0, 0.05) is 56.2 Å². The highest BCUT2D eigenvalue weighted by Crippen LogP contribution is 2.48. The van der Waals surface area contributed by atoms with Crippen molar-refractivity contribution in [2.24, 2.45) is 12.5 Å². The fraction of sp³-hybridized carbons (Fsp3) is 0.478. The average Bonchev–Trinajstić information content (AvgIpc) is 3.62. The van der Waals surface area contributed by atoms with Crippen LogP contribution >= 0.6 is 12.1 Å². The predicted molar refractivity (Wildman–Crippen MR) is 241 cm³/mol. The molecule has 2 saturated heterocycles. The second kappa shape index (κ2) is 19.0. The first-order valence-electron chi connectivity index (χ1n) is 22.0. The lowest BCUT2D eigenvalue weighted by atomic mass is 9.66. The number of rotatable bonds is 9. The molecule has 4 heterocycles. The molecule has 0 unspecified atom stereocenters. The van der Waals surface area contributed by atoms with Crippen LogP contribution in [0.1, 0.15) is 95.6 Å². The molecule has 63 heavy (non-hydrogen) atoms. The molecule has 3 amide bonds. The zero-order valence-electron chi connectivity index (χ0n) is 36.0. The molecule has 4 fully saturated rings. The van der Waals surface area contributed by atoms with Gasteiger partial charge in [-0.05, 0) is 125 Å². The molecule has 2 aromatic heterocycles. The molecular weight excluding hydrogens is 827 g/mol. The monoisotopic (exact) mass is 880 g/mol. The number of urea groups is 1. The van der Waals surface area contributed by atoms with Gasteiger partial charge in [-0.2, -0.15) is 10.4 Å². The SMILES string of the molecule is CCN(C)SNc1ccc(F)c(Oc2ccc3ncn(C4CCC5(CC4)CCN(C4CCCCC4)CC5)c(=O)c3c2)c1C#N.Cn1nc(N2CCC(=O)NC2=O)c2cc(F)ccc21. The number of likely N-dealkylation sites (tertiary alicyclic amines) is 1. The minimum atomic E-state index is -0.648. The summed E-state index contributed by atoms with van der Waals surface area (Å²) in [6.45, 7) is 5.48. The number of aromatic nitrogens is 4. The highest BCUT2D eigenvalue weighted by Gasteiger charge is 2.40. The molecule has 0 bridgehead atoms. The zero-order valence-corrected chi connectivity index (χ0v) is 36.9. The van der Waals surface area contributed by atoms with Crippen LogP contribution in [-0.2, 0) is 11.8 Å². The Morgan fingerprint density at radius 3 is 2.43 bits per heavy atom. The molecule has 17 heteroatoms. The van der Waals surface area contributed by atoms with Crippen molar-refractivity contribution in [3.63, 3.8) is 0 Å². The van der Waals surface area contributed by atoms with Gasteiger partial charge >= 0.3 is 6.03 Å². The maximum Gasteiger partial charge on any atom is 0.329 e. The van der Waals surface area contributed by atoms with Crippen molar-refractivity contribution in [1.82, 2.24) is 33.9 Å². The summed E-state index contributed by atoms with van der Waals surface area (Å²) < 4.78 is 42.6. The highest BCUT2D eigenvalue weighted by molar-refractivity contribution is 7.98. The maximum atomic E-state index is 14.9. The van der Waals surface area contributed by atoms with E-state index in [1.54, 1.807) is 46.9 Å². The van der Waals surface area contributed by atoms with E-state index in [2.05, 4.69) is 31.1 Å². The number of nitriles is 1. The van der Waals surface area contributed by atoms with Gasteiger partial charge < -0.3 is 14.4 Å². The number of carbonyl (C=O) groups is 2. The summed E-state index contributed by atoms with van der Waals surface area (Å²) in [5, 5.41) is 17.3. The van der Waals surface area contributed by atoms with E-state index in [0.29, 0.717) is 33.2 Å². The molecule has 0 atom stereocenters. The molecule has 332 valence electrons. The van der Waals surface area contributed by atoms with E-state index in [-0.39, 0.29) is 47.5 Å². The van der Waals surface area contributed by atoms with E-state index in [1.165, 1.54) is 99.3 Å². The van der Waals surface area contributed by atoms with Crippen molar-refractivity contribution in [1.29, 1.82) is 5.26 Å². The minimum absolute atomic E-state index is 0.0615. The van der Waals surface area contributed by atoms with E-state index in [4.69, 9.17) is 4.74 Å². The van der Waals surface area contributed by atoms with Crippen LogP contribution < -0.4 is 25.2 Å². The summed E-state index contributed by atoms with van der Waals surface area (Å²) in [5.41, 5.74) is 2.11. The van der Waals surface area contributed by atoms with Gasteiger partial charge in [0.1, 0.15) is 23.2 Å². The lowest BCUT2D eigenvalue weighted by Crippen LogP contribution is -2.49. The first kappa shape index (κ1) is 44.1. The normalized spacial score (nSPS) is 18.7. The Kier molecular flexibility index (Phi) is 13.3. The summed E-state index contributed by atoms with van der Waals surface area (Å²) >= 11 is 1.31. The van der Waals surface area contributed by atoms with Crippen molar-refractivity contribution < 1.29 is 23.1 Å². The first-order chi connectivity index (χ1) is 30.5. The molecule has 5 aromatic rings. The second-order valence-corrected chi connectivity index (χ2v) is 18.2. The van der Waals surface area contributed by atoms with Gasteiger partial charge in [-0.1, -0.05) is 26.2 Å². The third-order valence-corrected chi connectivity index (χ3v) is 14.3. The van der Waals surface area contributed by atoms with E-state index < -0.39 is 17.7 Å². The summed E-state index contributed by atoms with van der Waals surface area (Å²) in [6.07, 6.45) is 15.6. The van der Waals surface area contributed by atoms with Crippen molar-refractivity contribution in [3.8, 4) is 17.6 Å². The first-order valence-corrected chi connectivity index (χ1v) is 22.8. The van der Waals surface area contributed by atoms with Gasteiger partial charge in [-0.15, -0.1) is 0 Å². The largest absolute Gasteiger partial charge is 0.453 e. The summed E-state index contributed by atoms with van der Waals surface area (Å²) in [5.74, 6) is -0.879. The second-order valence-electron chi connectivity index (χ2n) is 17.2. The topological polar surface area (TPSA) is 154 Å². The van der Waals surface area contributed by atoms with Crippen molar-refractivity contribution >= 4 is 57.4 Å². The van der Waals surface area contributed by atoms with Crippen LogP contribution in [0, 0.1) is 28.4 Å². The number of imide groups is 1. The Bertz CT molecular complexity index is 2590. The fourth-order valence-electron chi connectivity index (χ4n) is 9.59. The lowest BCUT2D eigenvalue weighted by molar-refractivity contribution is -0.120. The van der Waals surface area contributed by atoms with Crippen LogP contribution in [0.25, 0.3) is 21.8 Å². The van der Waals surface area contributed by atoms with Crippen LogP contribution in [0.15, 0.2) is 59.7 Å². The van der Waals surface area contributed by atoms with Crippen molar-refractivity contribution in [3.05, 3.63) is 82.4 Å². The van der Waals surface area contributed by atoms with Crippen LogP contribution in [0.2, 0.25) is 0 Å². The number of benzene rings is 3. The molecule has 0 radical (unpaired) electrons. The van der Waals surface area contributed by atoms with Crippen LogP contribution in [0.3, 0.4) is 0 Å². The number of hydrogen-bond acceptors (Lipinski definition) is 11. The van der Waals surface area contributed by atoms with E-state index in [0.717, 1.165) is 43.8 Å². The van der Waals surface area contributed by atoms with Crippen LogP contribution in [0.4, 0.5) is 25.1 Å². The molecule has 9 rings (SSSR count). The number of fused-ring (bicyclic) bond motifs is 2. The number of nitrogens with one attached hydrogen (secondary N) is 2. The summed E-state index contributed by atoms with van der Waals surface area (Å²) in [4.78, 5) is 45.4. The van der Waals surface area contributed by atoms with Gasteiger partial charge in [0.25, 0.3) is 5.56 Å². The predicted octanol–water partition coefficient (Wildman–Crippen LogP) is 8.82. The summed E-state index contributed by atoms with van der Waals surface area (Å²) in [6, 6.07) is 14.5. The molecule has 2 aliphatic heterocycles. The Morgan fingerprint density at radius 2 is 1.71 bits per heavy atom. The molecule has 2 N–H and O–H groups in total. The number of carbonyl (C=O) groups excluding carboxylic acids is 2. The van der Waals surface area contributed by atoms with Gasteiger partial charge in [0.2, 0.25) is 5.91 Å². The number of hydrogen-bond donors (Lipinski definition) is 2. The highest BCUT2D eigenvalue weighted by atomic mass is 32.2. The van der Waals surface area contributed by atoms with E-state index >= 15 is 0 Å². The van der Waals surface area contributed by atoms with Gasteiger partial charge in [0.05, 0.1) is 28.4 Å². The average molecular weight is 881 g/mol. The van der Waals surface area contributed by atoms with E-state index in [9.17, 15) is 28.4 Å². The number of piperidine rings is 1. The Labute approximate surface area is 369 Å². The van der Waals surface area contributed by atoms with Crippen LogP contribution in [0.5, 0.6) is 11.5 Å². The standard InChI is InChI=1S/C34H43FN6O2S.C12H11FN4O2/c1-3-39(2)44-38-31-12-10-29(35)32(28(31)22-36)43-26-9-11-30-27(21-26)33(42)41(23-37-30)25-13-15-34(16-14-25)17-19-40(20-18-34)24-7-5-4-6-8-24;1-16-9-3-2-7(13)6-8(9)11(15-16)17-5-4-10(18)14-12(17)19/h9-12,21,23-25,38H,3-8,13-20H2,1-2H3;2-3,6H,4-5H2,1H3,(H,14,18,19). The maximum absolute atomic E-state index is 14.9.